The Labute approximate surface area is 122 Å². The van der Waals surface area contributed by atoms with Gasteiger partial charge in [0.25, 0.3) is 0 Å². The zero-order valence-electron chi connectivity index (χ0n) is 10.6. The summed E-state index contributed by atoms with van der Waals surface area (Å²) in [5.41, 5.74) is 2.22. The molecular weight excluding hydrogens is 302 g/mol. The van der Waals surface area contributed by atoms with Crippen LogP contribution >= 0.6 is 15.9 Å². The number of allylic oxidation sites excluding steroid dienone is 1. The highest BCUT2D eigenvalue weighted by molar-refractivity contribution is 9.09. The van der Waals surface area contributed by atoms with Crippen LogP contribution in [0.3, 0.4) is 0 Å². The number of benzene rings is 1. The molecule has 3 heteroatoms. The van der Waals surface area contributed by atoms with Crippen molar-refractivity contribution in [1.29, 1.82) is 0 Å². The van der Waals surface area contributed by atoms with Crippen LogP contribution in [-0.4, -0.2) is 10.3 Å². The van der Waals surface area contributed by atoms with Crippen molar-refractivity contribution in [3.63, 3.8) is 0 Å². The smallest absolute Gasteiger partial charge is 0.138 e. The lowest BCUT2D eigenvalue weighted by atomic mass is 10.2. The molecule has 0 amide bonds. The first-order valence-electron chi connectivity index (χ1n) is 6.23. The van der Waals surface area contributed by atoms with Gasteiger partial charge in [-0.05, 0) is 23.6 Å². The summed E-state index contributed by atoms with van der Waals surface area (Å²) in [6.45, 7) is 0.567. The second-order valence-electron chi connectivity index (χ2n) is 4.11. The summed E-state index contributed by atoms with van der Waals surface area (Å²) in [6, 6.07) is 12.1. The van der Waals surface area contributed by atoms with Gasteiger partial charge in [0.2, 0.25) is 0 Å². The first-order chi connectivity index (χ1) is 9.38. The Bertz CT molecular complexity index is 525. The Kier molecular flexibility index (Phi) is 5.63. The number of pyridine rings is 1. The highest BCUT2D eigenvalue weighted by atomic mass is 79.9. The molecule has 0 fully saturated rings. The molecule has 0 spiro atoms. The summed E-state index contributed by atoms with van der Waals surface area (Å²) in [7, 11) is 0. The molecular formula is C16H16BrNO. The second-order valence-corrected chi connectivity index (χ2v) is 4.90. The van der Waals surface area contributed by atoms with Crippen LogP contribution in [0.1, 0.15) is 17.5 Å². The minimum Gasteiger partial charge on any atom is -0.487 e. The molecule has 19 heavy (non-hydrogen) atoms. The summed E-state index contributed by atoms with van der Waals surface area (Å²) < 4.78 is 5.73. The monoisotopic (exact) mass is 317 g/mol. The average Bonchev–Trinajstić information content (AvgIpc) is 2.47. The third-order valence-corrected chi connectivity index (χ3v) is 3.03. The fourth-order valence-corrected chi connectivity index (χ4v) is 1.89. The maximum atomic E-state index is 5.73. The molecule has 0 bridgehead atoms. The molecule has 1 aromatic carbocycles. The van der Waals surface area contributed by atoms with E-state index in [4.69, 9.17) is 4.74 Å². The minimum absolute atomic E-state index is 0.567. The fourth-order valence-electron chi connectivity index (χ4n) is 1.63. The van der Waals surface area contributed by atoms with Crippen LogP contribution in [0.4, 0.5) is 0 Å². The summed E-state index contributed by atoms with van der Waals surface area (Å²) in [6.07, 6.45) is 8.76. The van der Waals surface area contributed by atoms with Crippen LogP contribution in [0, 0.1) is 0 Å². The molecule has 98 valence electrons. The summed E-state index contributed by atoms with van der Waals surface area (Å²) >= 11 is 3.40. The molecule has 1 heterocycles. The van der Waals surface area contributed by atoms with Gasteiger partial charge < -0.3 is 4.74 Å². The van der Waals surface area contributed by atoms with E-state index >= 15 is 0 Å². The lowest BCUT2D eigenvalue weighted by Gasteiger charge is -2.06. The Hall–Kier alpha value is -1.61. The van der Waals surface area contributed by atoms with Crippen molar-refractivity contribution in [2.24, 2.45) is 0 Å². The summed E-state index contributed by atoms with van der Waals surface area (Å²) in [5, 5.41) is 0.973. The van der Waals surface area contributed by atoms with Gasteiger partial charge in [0.1, 0.15) is 12.4 Å². The normalized spacial score (nSPS) is 10.8. The molecule has 2 nitrogen and oxygen atoms in total. The number of ether oxygens (including phenoxy) is 1. The van der Waals surface area contributed by atoms with Gasteiger partial charge in [-0.15, -0.1) is 0 Å². The summed E-state index contributed by atoms with van der Waals surface area (Å²) in [5.74, 6) is 0.796. The maximum absolute atomic E-state index is 5.73. The van der Waals surface area contributed by atoms with E-state index in [1.165, 1.54) is 0 Å². The van der Waals surface area contributed by atoms with Crippen molar-refractivity contribution in [1.82, 2.24) is 4.98 Å². The Morgan fingerprint density at radius 3 is 2.79 bits per heavy atom. The zero-order chi connectivity index (χ0) is 13.3. The van der Waals surface area contributed by atoms with Gasteiger partial charge in [-0.25, -0.2) is 0 Å². The molecule has 0 radical (unpaired) electrons. The van der Waals surface area contributed by atoms with Gasteiger partial charge in [0.05, 0.1) is 6.20 Å². The van der Waals surface area contributed by atoms with Gasteiger partial charge in [0, 0.05) is 11.5 Å². The number of rotatable bonds is 6. The number of halogens is 1. The highest BCUT2D eigenvalue weighted by Gasteiger charge is 1.97. The topological polar surface area (TPSA) is 22.1 Å². The van der Waals surface area contributed by atoms with Crippen molar-refractivity contribution in [3.05, 3.63) is 66.0 Å². The standard InChI is InChI=1S/C16H16BrNO/c17-9-5-4-8-15-10-16(12-18-11-15)19-13-14-6-2-1-3-7-14/h1-4,6-8,10-12H,5,9,13H2. The lowest BCUT2D eigenvalue weighted by Crippen LogP contribution is -1.95. The van der Waals surface area contributed by atoms with Crippen LogP contribution in [-0.2, 0) is 6.61 Å². The maximum Gasteiger partial charge on any atom is 0.138 e. The van der Waals surface area contributed by atoms with Crippen LogP contribution in [0.25, 0.3) is 6.08 Å². The second kappa shape index (κ2) is 7.74. The molecule has 1 aromatic heterocycles. The molecule has 0 aliphatic carbocycles. The van der Waals surface area contributed by atoms with Gasteiger partial charge in [-0.2, -0.15) is 0 Å². The number of aromatic nitrogens is 1. The molecule has 0 saturated carbocycles. The summed E-state index contributed by atoms with van der Waals surface area (Å²) in [4.78, 5) is 4.19. The van der Waals surface area contributed by atoms with Crippen LogP contribution in [0.2, 0.25) is 0 Å². The predicted molar refractivity (Wildman–Crippen MR) is 82.5 cm³/mol. The predicted octanol–water partition coefficient (Wildman–Crippen LogP) is 4.46. The van der Waals surface area contributed by atoms with Crippen molar-refractivity contribution in [3.8, 4) is 5.75 Å². The molecule has 2 aromatic rings. The molecule has 0 aliphatic rings. The number of alkyl halides is 1. The van der Waals surface area contributed by atoms with Crippen LogP contribution in [0.15, 0.2) is 54.9 Å². The number of hydrogen-bond acceptors (Lipinski definition) is 2. The first kappa shape index (κ1) is 13.8. The quantitative estimate of drug-likeness (QED) is 0.734. The Morgan fingerprint density at radius 2 is 2.00 bits per heavy atom. The fraction of sp³-hybridized carbons (Fsp3) is 0.188. The SMILES string of the molecule is BrCCC=Cc1cncc(OCc2ccccc2)c1. The van der Waals surface area contributed by atoms with E-state index in [1.54, 1.807) is 6.20 Å². The van der Waals surface area contributed by atoms with E-state index in [0.29, 0.717) is 6.61 Å². The molecule has 2 rings (SSSR count). The third kappa shape index (κ3) is 4.87. The minimum atomic E-state index is 0.567. The molecule has 0 unspecified atom stereocenters. The van der Waals surface area contributed by atoms with Gasteiger partial charge in [0.15, 0.2) is 0 Å². The van der Waals surface area contributed by atoms with Gasteiger partial charge >= 0.3 is 0 Å². The molecule has 0 atom stereocenters. The zero-order valence-corrected chi connectivity index (χ0v) is 12.2. The van der Waals surface area contributed by atoms with Crippen molar-refractivity contribution >= 4 is 22.0 Å². The molecule has 0 aliphatic heterocycles. The Balaban J connectivity index is 1.95. The van der Waals surface area contributed by atoms with Gasteiger partial charge in [-0.1, -0.05) is 58.4 Å². The van der Waals surface area contributed by atoms with Crippen LogP contribution in [0.5, 0.6) is 5.75 Å². The number of hydrogen-bond donors (Lipinski definition) is 0. The van der Waals surface area contributed by atoms with Gasteiger partial charge in [-0.3, -0.25) is 4.98 Å². The van der Waals surface area contributed by atoms with E-state index in [1.807, 2.05) is 42.6 Å². The van der Waals surface area contributed by atoms with E-state index in [9.17, 15) is 0 Å². The molecule has 0 saturated heterocycles. The molecule has 0 N–H and O–H groups in total. The lowest BCUT2D eigenvalue weighted by molar-refractivity contribution is 0.305. The van der Waals surface area contributed by atoms with E-state index < -0.39 is 0 Å². The Morgan fingerprint density at radius 1 is 1.16 bits per heavy atom. The average molecular weight is 318 g/mol. The van der Waals surface area contributed by atoms with E-state index in [0.717, 1.165) is 28.6 Å². The van der Waals surface area contributed by atoms with E-state index in [2.05, 4.69) is 33.1 Å². The van der Waals surface area contributed by atoms with Crippen molar-refractivity contribution in [2.75, 3.05) is 5.33 Å². The first-order valence-corrected chi connectivity index (χ1v) is 7.35. The van der Waals surface area contributed by atoms with Crippen molar-refractivity contribution < 1.29 is 4.74 Å². The van der Waals surface area contributed by atoms with Crippen molar-refractivity contribution in [2.45, 2.75) is 13.0 Å². The van der Waals surface area contributed by atoms with Crippen LogP contribution < -0.4 is 4.74 Å². The number of nitrogens with zero attached hydrogens (tertiary/aromatic N) is 1. The highest BCUT2D eigenvalue weighted by Crippen LogP contribution is 2.14. The van der Waals surface area contributed by atoms with E-state index in [-0.39, 0.29) is 0 Å². The third-order valence-electron chi connectivity index (χ3n) is 2.57. The largest absolute Gasteiger partial charge is 0.487 e.